The van der Waals surface area contributed by atoms with Crippen molar-refractivity contribution in [1.82, 2.24) is 4.90 Å². The summed E-state index contributed by atoms with van der Waals surface area (Å²) in [5.41, 5.74) is 0. The first kappa shape index (κ1) is 8.24. The topological polar surface area (TPSA) is 37.4 Å². The van der Waals surface area contributed by atoms with Crippen LogP contribution in [0, 0.1) is 0 Å². The minimum absolute atomic E-state index is 0.00463. The number of likely N-dealkylation sites (tertiary alicyclic amines) is 1. The van der Waals surface area contributed by atoms with Crippen LogP contribution in [-0.4, -0.2) is 23.3 Å². The molecule has 3 nitrogen and oxygen atoms in total. The molecule has 0 unspecified atom stereocenters. The number of imide groups is 1. The van der Waals surface area contributed by atoms with Crippen molar-refractivity contribution in [3.63, 3.8) is 0 Å². The number of carbonyl (C=O) groups is 2. The second-order valence-corrected chi connectivity index (χ2v) is 2.88. The smallest absolute Gasteiger partial charge is 0.229 e. The van der Waals surface area contributed by atoms with Gasteiger partial charge < -0.3 is 0 Å². The standard InChI is InChI=1S/C8H13NO2/c1-7(10)9-6-4-2-3-5-8(9)11/h2-6H2,1H3. The summed E-state index contributed by atoms with van der Waals surface area (Å²) in [6, 6.07) is 0. The average Bonchev–Trinajstić information content (AvgIpc) is 2.13. The Morgan fingerprint density at radius 2 is 2.09 bits per heavy atom. The Labute approximate surface area is 66.4 Å². The van der Waals surface area contributed by atoms with Crippen LogP contribution in [0.25, 0.3) is 0 Å². The summed E-state index contributed by atoms with van der Waals surface area (Å²) in [7, 11) is 0. The Morgan fingerprint density at radius 1 is 1.36 bits per heavy atom. The fourth-order valence-corrected chi connectivity index (χ4v) is 1.32. The van der Waals surface area contributed by atoms with Crippen LogP contribution in [0.15, 0.2) is 0 Å². The minimum Gasteiger partial charge on any atom is -0.283 e. The minimum atomic E-state index is -0.114. The molecule has 11 heavy (non-hydrogen) atoms. The normalized spacial score (nSPS) is 19.7. The summed E-state index contributed by atoms with van der Waals surface area (Å²) < 4.78 is 0. The van der Waals surface area contributed by atoms with E-state index in [0.29, 0.717) is 13.0 Å². The molecule has 62 valence electrons. The SMILES string of the molecule is CC(=O)N1CCCCCC1=O. The molecule has 0 aliphatic carbocycles. The highest BCUT2D eigenvalue weighted by Crippen LogP contribution is 2.10. The molecule has 0 radical (unpaired) electrons. The zero-order valence-electron chi connectivity index (χ0n) is 6.80. The van der Waals surface area contributed by atoms with Gasteiger partial charge in [0.05, 0.1) is 0 Å². The van der Waals surface area contributed by atoms with Gasteiger partial charge >= 0.3 is 0 Å². The second-order valence-electron chi connectivity index (χ2n) is 2.88. The molecule has 1 aliphatic rings. The zero-order chi connectivity index (χ0) is 8.27. The van der Waals surface area contributed by atoms with Gasteiger partial charge in [-0.1, -0.05) is 6.42 Å². The lowest BCUT2D eigenvalue weighted by molar-refractivity contribution is -0.142. The molecule has 0 N–H and O–H groups in total. The Balaban J connectivity index is 2.59. The summed E-state index contributed by atoms with van der Waals surface area (Å²) in [5, 5.41) is 0. The molecule has 1 heterocycles. The molecule has 0 aromatic carbocycles. The van der Waals surface area contributed by atoms with Crippen molar-refractivity contribution < 1.29 is 9.59 Å². The van der Waals surface area contributed by atoms with Gasteiger partial charge in [0, 0.05) is 19.9 Å². The zero-order valence-corrected chi connectivity index (χ0v) is 6.80. The summed E-state index contributed by atoms with van der Waals surface area (Å²) in [6.07, 6.45) is 3.50. The average molecular weight is 155 g/mol. The van der Waals surface area contributed by atoms with Crippen LogP contribution in [0.5, 0.6) is 0 Å². The lowest BCUT2D eigenvalue weighted by atomic mass is 10.2. The molecule has 1 rings (SSSR count). The third kappa shape index (κ3) is 2.03. The maximum Gasteiger partial charge on any atom is 0.229 e. The van der Waals surface area contributed by atoms with Gasteiger partial charge in [0.25, 0.3) is 0 Å². The van der Waals surface area contributed by atoms with E-state index in [0.717, 1.165) is 19.3 Å². The maximum absolute atomic E-state index is 11.2. The first-order valence-electron chi connectivity index (χ1n) is 4.03. The van der Waals surface area contributed by atoms with E-state index in [2.05, 4.69) is 0 Å². The first-order chi connectivity index (χ1) is 5.22. The van der Waals surface area contributed by atoms with Gasteiger partial charge in [0.2, 0.25) is 11.8 Å². The highest BCUT2D eigenvalue weighted by molar-refractivity contribution is 5.94. The van der Waals surface area contributed by atoms with E-state index in [1.807, 2.05) is 0 Å². The van der Waals surface area contributed by atoms with Crippen molar-refractivity contribution in [3.05, 3.63) is 0 Å². The quantitative estimate of drug-likeness (QED) is 0.522. The Morgan fingerprint density at radius 3 is 2.73 bits per heavy atom. The molecule has 0 aromatic heterocycles. The lowest BCUT2D eigenvalue weighted by Crippen LogP contribution is -2.34. The molecule has 0 saturated carbocycles. The maximum atomic E-state index is 11.2. The van der Waals surface area contributed by atoms with E-state index >= 15 is 0 Å². The van der Waals surface area contributed by atoms with Gasteiger partial charge in [0.15, 0.2) is 0 Å². The van der Waals surface area contributed by atoms with Crippen molar-refractivity contribution in [3.8, 4) is 0 Å². The molecule has 3 heteroatoms. The molecule has 1 aliphatic heterocycles. The van der Waals surface area contributed by atoms with E-state index in [1.165, 1.54) is 11.8 Å². The number of hydrogen-bond donors (Lipinski definition) is 0. The van der Waals surface area contributed by atoms with Gasteiger partial charge in [-0.2, -0.15) is 0 Å². The highest BCUT2D eigenvalue weighted by atomic mass is 16.2. The molecule has 0 atom stereocenters. The Bertz CT molecular complexity index is 177. The summed E-state index contributed by atoms with van der Waals surface area (Å²) in [4.78, 5) is 23.4. The van der Waals surface area contributed by atoms with E-state index in [9.17, 15) is 9.59 Å². The Hall–Kier alpha value is -0.860. The van der Waals surface area contributed by atoms with E-state index in [-0.39, 0.29) is 11.8 Å². The lowest BCUT2D eigenvalue weighted by Gasteiger charge is -2.15. The van der Waals surface area contributed by atoms with Crippen LogP contribution >= 0.6 is 0 Å². The fourth-order valence-electron chi connectivity index (χ4n) is 1.32. The predicted octanol–water partition coefficient (Wildman–Crippen LogP) is 0.935. The summed E-state index contributed by atoms with van der Waals surface area (Å²) in [6.45, 7) is 2.07. The van der Waals surface area contributed by atoms with Crippen LogP contribution in [-0.2, 0) is 9.59 Å². The van der Waals surface area contributed by atoms with Gasteiger partial charge in [0.1, 0.15) is 0 Å². The monoisotopic (exact) mass is 155 g/mol. The molecular formula is C8H13NO2. The number of hydrogen-bond acceptors (Lipinski definition) is 2. The van der Waals surface area contributed by atoms with Crippen molar-refractivity contribution in [2.75, 3.05) is 6.54 Å². The largest absolute Gasteiger partial charge is 0.283 e. The Kier molecular flexibility index (Phi) is 2.63. The van der Waals surface area contributed by atoms with Crippen molar-refractivity contribution in [1.29, 1.82) is 0 Å². The van der Waals surface area contributed by atoms with Gasteiger partial charge in [-0.3, -0.25) is 14.5 Å². The summed E-state index contributed by atoms with van der Waals surface area (Å²) in [5.74, 6) is -0.119. The number of nitrogens with zero attached hydrogens (tertiary/aromatic N) is 1. The number of rotatable bonds is 0. The first-order valence-corrected chi connectivity index (χ1v) is 4.03. The predicted molar refractivity (Wildman–Crippen MR) is 40.9 cm³/mol. The molecule has 0 bridgehead atoms. The number of amides is 2. The van der Waals surface area contributed by atoms with Crippen molar-refractivity contribution in [2.45, 2.75) is 32.6 Å². The molecule has 0 aromatic rings. The van der Waals surface area contributed by atoms with Crippen LogP contribution < -0.4 is 0 Å². The van der Waals surface area contributed by atoms with Crippen LogP contribution in [0.3, 0.4) is 0 Å². The van der Waals surface area contributed by atoms with Crippen LogP contribution in [0.1, 0.15) is 32.6 Å². The van der Waals surface area contributed by atoms with Gasteiger partial charge in [-0.25, -0.2) is 0 Å². The molecular weight excluding hydrogens is 142 g/mol. The molecule has 1 fully saturated rings. The van der Waals surface area contributed by atoms with Crippen molar-refractivity contribution in [2.24, 2.45) is 0 Å². The van der Waals surface area contributed by atoms with E-state index in [4.69, 9.17) is 0 Å². The van der Waals surface area contributed by atoms with E-state index < -0.39 is 0 Å². The van der Waals surface area contributed by atoms with E-state index in [1.54, 1.807) is 0 Å². The number of carbonyl (C=O) groups excluding carboxylic acids is 2. The fraction of sp³-hybridized carbons (Fsp3) is 0.750. The summed E-state index contributed by atoms with van der Waals surface area (Å²) >= 11 is 0. The molecule has 1 saturated heterocycles. The molecule has 2 amide bonds. The van der Waals surface area contributed by atoms with Gasteiger partial charge in [-0.15, -0.1) is 0 Å². The van der Waals surface area contributed by atoms with Gasteiger partial charge in [-0.05, 0) is 12.8 Å². The highest BCUT2D eigenvalue weighted by Gasteiger charge is 2.19. The van der Waals surface area contributed by atoms with Crippen molar-refractivity contribution >= 4 is 11.8 Å². The third-order valence-corrected chi connectivity index (χ3v) is 1.95. The second kappa shape index (κ2) is 3.51. The van der Waals surface area contributed by atoms with Crippen LogP contribution in [0.2, 0.25) is 0 Å². The van der Waals surface area contributed by atoms with Crippen LogP contribution in [0.4, 0.5) is 0 Å². The third-order valence-electron chi connectivity index (χ3n) is 1.95. The molecule has 0 spiro atoms.